The van der Waals surface area contributed by atoms with E-state index >= 15 is 0 Å². The highest BCUT2D eigenvalue weighted by molar-refractivity contribution is 5.76. The molecule has 0 spiro atoms. The van der Waals surface area contributed by atoms with Crippen LogP contribution in [-0.2, 0) is 11.3 Å². The monoisotopic (exact) mass is 367 g/mol. The molecule has 0 atom stereocenters. The Morgan fingerprint density at radius 2 is 1.74 bits per heavy atom. The molecule has 0 radical (unpaired) electrons. The molecule has 5 nitrogen and oxygen atoms in total. The zero-order chi connectivity index (χ0) is 19.2. The van der Waals surface area contributed by atoms with Crippen LogP contribution >= 0.6 is 0 Å². The lowest BCUT2D eigenvalue weighted by atomic mass is 10.1. The number of anilines is 2. The van der Waals surface area contributed by atoms with Gasteiger partial charge in [0.05, 0.1) is 26.2 Å². The molecular formula is C22H31N4O+. The molecule has 1 aliphatic rings. The minimum absolute atomic E-state index is 0.131. The van der Waals surface area contributed by atoms with Gasteiger partial charge in [0.2, 0.25) is 0 Å². The highest BCUT2D eigenvalue weighted by Crippen LogP contribution is 2.18. The number of para-hydroxylation sites is 1. The molecular weight excluding hydrogens is 336 g/mol. The van der Waals surface area contributed by atoms with Crippen LogP contribution < -0.4 is 20.0 Å². The molecule has 1 aliphatic heterocycles. The SMILES string of the molecule is Cc1ccccc1N1CC[NH+](CC(=O)NCc2ccc(N(C)C)cc2)CC1. The van der Waals surface area contributed by atoms with Gasteiger partial charge < -0.3 is 20.0 Å². The third-order valence-electron chi connectivity index (χ3n) is 5.28. The Labute approximate surface area is 162 Å². The Bertz CT molecular complexity index is 749. The van der Waals surface area contributed by atoms with Crippen molar-refractivity contribution in [2.75, 3.05) is 56.6 Å². The molecule has 1 heterocycles. The van der Waals surface area contributed by atoms with Crippen molar-refractivity contribution in [1.29, 1.82) is 0 Å². The van der Waals surface area contributed by atoms with Crippen molar-refractivity contribution < 1.29 is 9.69 Å². The second-order valence-corrected chi connectivity index (χ2v) is 7.54. The first-order valence-electron chi connectivity index (χ1n) is 9.70. The van der Waals surface area contributed by atoms with Crippen molar-refractivity contribution in [1.82, 2.24) is 5.32 Å². The fourth-order valence-corrected chi connectivity index (χ4v) is 3.56. The Balaban J connectivity index is 1.42. The van der Waals surface area contributed by atoms with Gasteiger partial charge in [-0.1, -0.05) is 30.3 Å². The number of benzene rings is 2. The molecule has 0 unspecified atom stereocenters. The van der Waals surface area contributed by atoms with Crippen LogP contribution in [0.25, 0.3) is 0 Å². The quantitative estimate of drug-likeness (QED) is 0.803. The zero-order valence-corrected chi connectivity index (χ0v) is 16.7. The van der Waals surface area contributed by atoms with Gasteiger partial charge in [-0.2, -0.15) is 0 Å². The summed E-state index contributed by atoms with van der Waals surface area (Å²) in [6.07, 6.45) is 0. The van der Waals surface area contributed by atoms with Crippen molar-refractivity contribution in [3.8, 4) is 0 Å². The van der Waals surface area contributed by atoms with Gasteiger partial charge in [0.25, 0.3) is 5.91 Å². The van der Waals surface area contributed by atoms with Crippen LogP contribution in [0.2, 0.25) is 0 Å². The van der Waals surface area contributed by atoms with Gasteiger partial charge in [-0.15, -0.1) is 0 Å². The molecule has 0 aromatic heterocycles. The summed E-state index contributed by atoms with van der Waals surface area (Å²) in [5, 5.41) is 3.06. The van der Waals surface area contributed by atoms with Crippen molar-refractivity contribution in [3.05, 3.63) is 59.7 Å². The van der Waals surface area contributed by atoms with E-state index in [4.69, 9.17) is 0 Å². The van der Waals surface area contributed by atoms with E-state index in [2.05, 4.69) is 70.6 Å². The molecule has 1 saturated heterocycles. The lowest BCUT2D eigenvalue weighted by Gasteiger charge is -2.34. The van der Waals surface area contributed by atoms with Crippen LogP contribution in [0.4, 0.5) is 11.4 Å². The van der Waals surface area contributed by atoms with Gasteiger partial charge in [-0.05, 0) is 36.2 Å². The van der Waals surface area contributed by atoms with Crippen LogP contribution in [0.15, 0.2) is 48.5 Å². The molecule has 3 rings (SSSR count). The molecule has 2 aromatic rings. The number of nitrogens with zero attached hydrogens (tertiary/aromatic N) is 2. The predicted octanol–water partition coefficient (Wildman–Crippen LogP) is 1.08. The number of carbonyl (C=O) groups is 1. The molecule has 1 fully saturated rings. The Hall–Kier alpha value is -2.53. The maximum absolute atomic E-state index is 12.3. The smallest absolute Gasteiger partial charge is 0.275 e. The lowest BCUT2D eigenvalue weighted by molar-refractivity contribution is -0.892. The minimum Gasteiger partial charge on any atom is -0.378 e. The Kier molecular flexibility index (Phi) is 6.35. The third kappa shape index (κ3) is 5.23. The topological polar surface area (TPSA) is 40.0 Å². The van der Waals surface area contributed by atoms with Gasteiger partial charge in [-0.3, -0.25) is 4.79 Å². The van der Waals surface area contributed by atoms with E-state index in [1.165, 1.54) is 21.8 Å². The van der Waals surface area contributed by atoms with E-state index in [1.807, 2.05) is 14.1 Å². The van der Waals surface area contributed by atoms with E-state index < -0.39 is 0 Å². The summed E-state index contributed by atoms with van der Waals surface area (Å²) in [5.74, 6) is 0.131. The zero-order valence-electron chi connectivity index (χ0n) is 16.7. The van der Waals surface area contributed by atoms with E-state index in [9.17, 15) is 4.79 Å². The predicted molar refractivity (Wildman–Crippen MR) is 112 cm³/mol. The summed E-state index contributed by atoms with van der Waals surface area (Å²) in [4.78, 5) is 18.2. The average molecular weight is 368 g/mol. The van der Waals surface area contributed by atoms with Gasteiger partial charge in [-0.25, -0.2) is 0 Å². The normalized spacial score (nSPS) is 14.9. The number of amides is 1. The molecule has 1 amide bonds. The van der Waals surface area contributed by atoms with E-state index in [0.29, 0.717) is 13.1 Å². The molecule has 27 heavy (non-hydrogen) atoms. The van der Waals surface area contributed by atoms with Crippen molar-refractivity contribution in [2.45, 2.75) is 13.5 Å². The number of aryl methyl sites for hydroxylation is 1. The van der Waals surface area contributed by atoms with E-state index in [-0.39, 0.29) is 5.91 Å². The molecule has 0 bridgehead atoms. The van der Waals surface area contributed by atoms with Crippen LogP contribution in [0.3, 0.4) is 0 Å². The highest BCUT2D eigenvalue weighted by atomic mass is 16.2. The number of piperazine rings is 1. The lowest BCUT2D eigenvalue weighted by Crippen LogP contribution is -3.15. The largest absolute Gasteiger partial charge is 0.378 e. The van der Waals surface area contributed by atoms with E-state index in [0.717, 1.165) is 31.7 Å². The minimum atomic E-state index is 0.131. The number of hydrogen-bond acceptors (Lipinski definition) is 3. The first-order valence-corrected chi connectivity index (χ1v) is 9.70. The van der Waals surface area contributed by atoms with Crippen LogP contribution in [0, 0.1) is 6.92 Å². The fourth-order valence-electron chi connectivity index (χ4n) is 3.56. The van der Waals surface area contributed by atoms with Gasteiger partial charge in [0, 0.05) is 32.0 Å². The van der Waals surface area contributed by atoms with Gasteiger partial charge in [0.1, 0.15) is 0 Å². The fraction of sp³-hybridized carbons (Fsp3) is 0.409. The molecule has 144 valence electrons. The van der Waals surface area contributed by atoms with Crippen LogP contribution in [-0.4, -0.2) is 52.7 Å². The number of quaternary nitrogens is 1. The number of rotatable bonds is 6. The second kappa shape index (κ2) is 8.91. The average Bonchev–Trinajstić information content (AvgIpc) is 2.68. The highest BCUT2D eigenvalue weighted by Gasteiger charge is 2.22. The summed E-state index contributed by atoms with van der Waals surface area (Å²) >= 11 is 0. The van der Waals surface area contributed by atoms with Crippen molar-refractivity contribution in [2.24, 2.45) is 0 Å². The molecule has 0 saturated carbocycles. The maximum atomic E-state index is 12.3. The number of hydrogen-bond donors (Lipinski definition) is 2. The maximum Gasteiger partial charge on any atom is 0.275 e. The van der Waals surface area contributed by atoms with Gasteiger partial charge in [0.15, 0.2) is 6.54 Å². The Morgan fingerprint density at radius 1 is 1.07 bits per heavy atom. The molecule has 2 N–H and O–H groups in total. The van der Waals surface area contributed by atoms with E-state index in [1.54, 1.807) is 0 Å². The molecule has 0 aliphatic carbocycles. The first-order chi connectivity index (χ1) is 13.0. The van der Waals surface area contributed by atoms with Crippen LogP contribution in [0.1, 0.15) is 11.1 Å². The van der Waals surface area contributed by atoms with Gasteiger partial charge >= 0.3 is 0 Å². The molecule has 2 aromatic carbocycles. The summed E-state index contributed by atoms with van der Waals surface area (Å²) in [5.41, 5.74) is 4.94. The summed E-state index contributed by atoms with van der Waals surface area (Å²) < 4.78 is 0. The molecule has 5 heteroatoms. The number of nitrogens with one attached hydrogen (secondary N) is 2. The van der Waals surface area contributed by atoms with Crippen molar-refractivity contribution >= 4 is 17.3 Å². The Morgan fingerprint density at radius 3 is 2.37 bits per heavy atom. The summed E-state index contributed by atoms with van der Waals surface area (Å²) in [6.45, 7) is 7.30. The third-order valence-corrected chi connectivity index (χ3v) is 5.28. The van der Waals surface area contributed by atoms with Crippen LogP contribution in [0.5, 0.6) is 0 Å². The second-order valence-electron chi connectivity index (χ2n) is 7.54. The number of carbonyl (C=O) groups excluding carboxylic acids is 1. The van der Waals surface area contributed by atoms with Crippen molar-refractivity contribution in [3.63, 3.8) is 0 Å². The summed E-state index contributed by atoms with van der Waals surface area (Å²) in [7, 11) is 4.05. The standard InChI is InChI=1S/C22H30N4O/c1-18-6-4-5-7-21(18)26-14-12-25(13-15-26)17-22(27)23-16-19-8-10-20(11-9-19)24(2)3/h4-11H,12-17H2,1-3H3,(H,23,27)/p+1. The summed E-state index contributed by atoms with van der Waals surface area (Å²) in [6, 6.07) is 16.8. The first kappa shape index (κ1) is 19.2.